The second-order valence-electron chi connectivity index (χ2n) is 10.4. The van der Waals surface area contributed by atoms with Crippen molar-refractivity contribution in [3.05, 3.63) is 39.1 Å². The van der Waals surface area contributed by atoms with E-state index in [-0.39, 0.29) is 31.6 Å². The van der Waals surface area contributed by atoms with Crippen molar-refractivity contribution in [3.63, 3.8) is 0 Å². The number of amides is 1. The van der Waals surface area contributed by atoms with Crippen LogP contribution in [0.2, 0.25) is 0 Å². The average Bonchev–Trinajstić information content (AvgIpc) is 3.43. The molecule has 3 fully saturated rings. The van der Waals surface area contributed by atoms with Crippen LogP contribution in [0.1, 0.15) is 67.4 Å². The van der Waals surface area contributed by atoms with Crippen molar-refractivity contribution in [1.82, 2.24) is 9.78 Å². The molecule has 9 heteroatoms. The number of hydrogen-bond donors (Lipinski definition) is 1. The van der Waals surface area contributed by atoms with Crippen molar-refractivity contribution in [2.75, 3.05) is 29.9 Å². The number of piperidine rings is 1. The molecule has 2 spiro atoms. The van der Waals surface area contributed by atoms with Crippen LogP contribution in [-0.4, -0.2) is 41.3 Å². The average molecular weight is 582 g/mol. The van der Waals surface area contributed by atoms with Crippen LogP contribution in [0.15, 0.2) is 24.3 Å². The zero-order valence-electron chi connectivity index (χ0n) is 19.1. The first-order valence-electron chi connectivity index (χ1n) is 12.2. The maximum absolute atomic E-state index is 13.8. The summed E-state index contributed by atoms with van der Waals surface area (Å²) in [4.78, 5) is 15.7. The maximum Gasteiger partial charge on any atom is 0.258 e. The van der Waals surface area contributed by atoms with Crippen LogP contribution in [-0.2, 0) is 16.9 Å². The lowest BCUT2D eigenvalue weighted by atomic mass is 9.79. The molecule has 182 valence electrons. The Morgan fingerprint density at radius 1 is 1.00 bits per heavy atom. The van der Waals surface area contributed by atoms with E-state index < -0.39 is 11.5 Å². The maximum atomic E-state index is 13.8. The molecule has 1 amide bonds. The topological polar surface area (TPSA) is 59.4 Å². The Bertz CT molecular complexity index is 1110. The highest BCUT2D eigenvalue weighted by Gasteiger charge is 2.48. The normalized spacial score (nSPS) is 24.1. The molecule has 0 radical (unpaired) electrons. The second-order valence-corrected chi connectivity index (χ2v) is 11.7. The van der Waals surface area contributed by atoms with E-state index in [4.69, 9.17) is 4.74 Å². The molecule has 2 aromatic rings. The summed E-state index contributed by atoms with van der Waals surface area (Å²) >= 11 is 2.29. The lowest BCUT2D eigenvalue weighted by Crippen LogP contribution is -2.43. The van der Waals surface area contributed by atoms with E-state index in [0.29, 0.717) is 29.9 Å². The second kappa shape index (κ2) is 8.15. The molecule has 4 aliphatic rings. The third-order valence-electron chi connectivity index (χ3n) is 8.29. The highest BCUT2D eigenvalue weighted by atomic mass is 127. The van der Waals surface area contributed by atoms with E-state index in [1.807, 2.05) is 22.9 Å². The molecule has 34 heavy (non-hydrogen) atoms. The van der Waals surface area contributed by atoms with Gasteiger partial charge in [0.1, 0.15) is 5.60 Å². The molecule has 0 unspecified atom stereocenters. The van der Waals surface area contributed by atoms with Crippen LogP contribution < -0.4 is 10.2 Å². The number of hydrogen-bond acceptors (Lipinski definition) is 4. The summed E-state index contributed by atoms with van der Waals surface area (Å²) in [5.41, 5.74) is 2.23. The molecule has 2 aliphatic heterocycles. The van der Waals surface area contributed by atoms with Crippen LogP contribution in [0.4, 0.5) is 20.3 Å². The highest BCUT2D eigenvalue weighted by Crippen LogP contribution is 2.54. The molecule has 0 bridgehead atoms. The molecule has 1 aromatic heterocycles. The Labute approximate surface area is 211 Å². The van der Waals surface area contributed by atoms with Gasteiger partial charge in [0.2, 0.25) is 5.92 Å². The van der Waals surface area contributed by atoms with Gasteiger partial charge < -0.3 is 15.0 Å². The van der Waals surface area contributed by atoms with Gasteiger partial charge >= 0.3 is 0 Å². The van der Waals surface area contributed by atoms with Crippen molar-refractivity contribution >= 4 is 40.0 Å². The fourth-order valence-corrected chi connectivity index (χ4v) is 6.35. The van der Waals surface area contributed by atoms with Crippen LogP contribution in [0.5, 0.6) is 0 Å². The number of rotatable bonds is 3. The molecule has 2 saturated carbocycles. The van der Waals surface area contributed by atoms with Gasteiger partial charge in [-0.15, -0.1) is 0 Å². The minimum atomic E-state index is -2.64. The largest absolute Gasteiger partial charge is 0.371 e. The summed E-state index contributed by atoms with van der Waals surface area (Å²) in [6.07, 6.45) is 5.20. The van der Waals surface area contributed by atoms with Crippen LogP contribution in [0.25, 0.3) is 0 Å². The first-order chi connectivity index (χ1) is 16.3. The third-order valence-corrected chi connectivity index (χ3v) is 8.96. The molecule has 6 rings (SSSR count). The van der Waals surface area contributed by atoms with Gasteiger partial charge in [-0.3, -0.25) is 9.48 Å². The Hall–Kier alpha value is -1.75. The minimum Gasteiger partial charge on any atom is -0.371 e. The molecule has 6 nitrogen and oxygen atoms in total. The SMILES string of the molecule is O=C(Nc1cc2n(n1)CCOC21CCC(F)(F)CC1)c1ccc(I)cc1N1CCC2(CC1)CC2. The van der Waals surface area contributed by atoms with Crippen LogP contribution >= 0.6 is 22.6 Å². The van der Waals surface area contributed by atoms with Gasteiger partial charge in [-0.05, 0) is 84.7 Å². The monoisotopic (exact) mass is 582 g/mol. The highest BCUT2D eigenvalue weighted by molar-refractivity contribution is 14.1. The number of carbonyl (C=O) groups excluding carboxylic acids is 1. The zero-order chi connectivity index (χ0) is 23.6. The molecule has 1 aromatic carbocycles. The van der Waals surface area contributed by atoms with Gasteiger partial charge in [0.05, 0.1) is 30.1 Å². The van der Waals surface area contributed by atoms with Crippen molar-refractivity contribution < 1.29 is 18.3 Å². The summed E-state index contributed by atoms with van der Waals surface area (Å²) < 4.78 is 36.6. The van der Waals surface area contributed by atoms with Crippen LogP contribution in [0, 0.1) is 8.99 Å². The van der Waals surface area contributed by atoms with Gasteiger partial charge in [-0.25, -0.2) is 8.78 Å². The summed E-state index contributed by atoms with van der Waals surface area (Å²) in [7, 11) is 0. The number of anilines is 2. The fourth-order valence-electron chi connectivity index (χ4n) is 5.88. The Balaban J connectivity index is 1.23. The predicted molar refractivity (Wildman–Crippen MR) is 133 cm³/mol. The number of nitrogens with one attached hydrogen (secondary N) is 1. The van der Waals surface area contributed by atoms with Gasteiger partial charge in [0, 0.05) is 35.6 Å². The summed E-state index contributed by atoms with van der Waals surface area (Å²) in [6, 6.07) is 7.74. The number of carbonyl (C=O) groups is 1. The predicted octanol–water partition coefficient (Wildman–Crippen LogP) is 5.56. The van der Waals surface area contributed by atoms with E-state index >= 15 is 0 Å². The number of halogens is 3. The molecule has 0 atom stereocenters. The first-order valence-corrected chi connectivity index (χ1v) is 13.3. The fraction of sp³-hybridized carbons (Fsp3) is 0.600. The van der Waals surface area contributed by atoms with E-state index in [0.717, 1.165) is 28.0 Å². The Morgan fingerprint density at radius 2 is 1.74 bits per heavy atom. The molecule has 1 N–H and O–H groups in total. The summed E-state index contributed by atoms with van der Waals surface area (Å²) in [6.45, 7) is 2.94. The number of benzene rings is 1. The van der Waals surface area contributed by atoms with Crippen molar-refractivity contribution in [1.29, 1.82) is 0 Å². The van der Waals surface area contributed by atoms with Crippen molar-refractivity contribution in [3.8, 4) is 0 Å². The van der Waals surface area contributed by atoms with E-state index in [1.54, 1.807) is 0 Å². The van der Waals surface area contributed by atoms with Gasteiger partial charge in [-0.1, -0.05) is 0 Å². The van der Waals surface area contributed by atoms with Crippen molar-refractivity contribution in [2.24, 2.45) is 5.41 Å². The smallest absolute Gasteiger partial charge is 0.258 e. The van der Waals surface area contributed by atoms with Gasteiger partial charge in [0.15, 0.2) is 5.82 Å². The molecular formula is C25H29F2IN4O2. The third kappa shape index (κ3) is 4.12. The number of fused-ring (bicyclic) bond motifs is 2. The van der Waals surface area contributed by atoms with E-state index in [1.165, 1.54) is 25.7 Å². The zero-order valence-corrected chi connectivity index (χ0v) is 21.2. The van der Waals surface area contributed by atoms with E-state index in [9.17, 15) is 13.6 Å². The Morgan fingerprint density at radius 3 is 2.44 bits per heavy atom. The van der Waals surface area contributed by atoms with Crippen LogP contribution in [0.3, 0.4) is 0 Å². The lowest BCUT2D eigenvalue weighted by Gasteiger charge is -2.42. The lowest BCUT2D eigenvalue weighted by molar-refractivity contribution is -0.152. The van der Waals surface area contributed by atoms with E-state index in [2.05, 4.69) is 44.0 Å². The summed E-state index contributed by atoms with van der Waals surface area (Å²) in [5, 5.41) is 7.57. The minimum absolute atomic E-state index is 0.191. The molecular weight excluding hydrogens is 553 g/mol. The first kappa shape index (κ1) is 22.7. The number of aromatic nitrogens is 2. The van der Waals surface area contributed by atoms with Gasteiger partial charge in [-0.2, -0.15) is 5.10 Å². The number of nitrogens with zero attached hydrogens (tertiary/aromatic N) is 3. The standard InChI is InChI=1S/C25H29F2IN4O2/c26-25(27)7-5-24(6-8-25)20-16-21(30-32(20)13-14-34-24)29-22(33)18-2-1-17(28)15-19(18)31-11-9-23(3-4-23)10-12-31/h1-2,15-16H,3-14H2,(H,29,30,33). The molecule has 1 saturated heterocycles. The summed E-state index contributed by atoms with van der Waals surface area (Å²) in [5.74, 6) is -2.39. The number of alkyl halides is 2. The quantitative estimate of drug-likeness (QED) is 0.482. The molecule has 3 heterocycles. The Kier molecular flexibility index (Phi) is 5.44. The molecule has 2 aliphatic carbocycles. The number of ether oxygens (including phenoxy) is 1. The van der Waals surface area contributed by atoms with Crippen molar-refractivity contribution in [2.45, 2.75) is 69.4 Å². The van der Waals surface area contributed by atoms with Gasteiger partial charge in [0.25, 0.3) is 5.91 Å².